The zero-order valence-corrected chi connectivity index (χ0v) is 13.4. The molecule has 2 aromatic rings. The molecule has 4 heteroatoms. The van der Waals surface area contributed by atoms with Crippen molar-refractivity contribution in [3.8, 4) is 5.75 Å². The van der Waals surface area contributed by atoms with E-state index in [0.717, 1.165) is 31.9 Å². The van der Waals surface area contributed by atoms with E-state index in [2.05, 4.69) is 48.1 Å². The van der Waals surface area contributed by atoms with E-state index < -0.39 is 0 Å². The molecule has 3 rings (SSSR count). The molecule has 0 radical (unpaired) electrons. The first-order chi connectivity index (χ1) is 10.0. The van der Waals surface area contributed by atoms with Crippen LogP contribution in [-0.2, 0) is 5.41 Å². The molecule has 0 aliphatic carbocycles. The molecule has 21 heavy (non-hydrogen) atoms. The predicted octanol–water partition coefficient (Wildman–Crippen LogP) is 2.88. The number of methoxy groups -OCH3 is 1. The summed E-state index contributed by atoms with van der Waals surface area (Å²) in [5.41, 5.74) is 3.73. The Morgan fingerprint density at radius 3 is 2.52 bits per heavy atom. The number of aromatic amines is 1. The molecule has 0 atom stereocenters. The molecule has 1 aliphatic rings. The Hall–Kier alpha value is -1.68. The lowest BCUT2D eigenvalue weighted by Gasteiger charge is -2.33. The van der Waals surface area contributed by atoms with Gasteiger partial charge in [0.15, 0.2) is 0 Å². The second-order valence-corrected chi connectivity index (χ2v) is 6.73. The lowest BCUT2D eigenvalue weighted by Crippen LogP contribution is -2.43. The third kappa shape index (κ3) is 2.48. The van der Waals surface area contributed by atoms with Gasteiger partial charge in [0.25, 0.3) is 0 Å². The van der Waals surface area contributed by atoms with Gasteiger partial charge in [0.2, 0.25) is 0 Å². The normalized spacial score (nSPS) is 16.5. The SMILES string of the molecule is COc1c(C(C)(C)C)cc2[nH]ccc2c1N1CCNCC1. The Morgan fingerprint density at radius 2 is 1.90 bits per heavy atom. The highest BCUT2D eigenvalue weighted by Crippen LogP contribution is 2.43. The van der Waals surface area contributed by atoms with Gasteiger partial charge < -0.3 is 19.9 Å². The summed E-state index contributed by atoms with van der Waals surface area (Å²) in [4.78, 5) is 5.81. The molecular weight excluding hydrogens is 262 g/mol. The number of hydrogen-bond donors (Lipinski definition) is 2. The largest absolute Gasteiger partial charge is 0.494 e. The van der Waals surface area contributed by atoms with Crippen molar-refractivity contribution in [2.24, 2.45) is 0 Å². The third-order valence-corrected chi connectivity index (χ3v) is 4.23. The van der Waals surface area contributed by atoms with Crippen molar-refractivity contribution in [2.45, 2.75) is 26.2 Å². The molecule has 0 amide bonds. The quantitative estimate of drug-likeness (QED) is 0.892. The highest BCUT2D eigenvalue weighted by Gasteiger charge is 2.26. The molecule has 1 aliphatic heterocycles. The zero-order valence-electron chi connectivity index (χ0n) is 13.4. The summed E-state index contributed by atoms with van der Waals surface area (Å²) < 4.78 is 5.86. The van der Waals surface area contributed by atoms with Gasteiger partial charge in [-0.2, -0.15) is 0 Å². The summed E-state index contributed by atoms with van der Waals surface area (Å²) in [5, 5.41) is 4.67. The van der Waals surface area contributed by atoms with Crippen molar-refractivity contribution in [2.75, 3.05) is 38.2 Å². The summed E-state index contributed by atoms with van der Waals surface area (Å²) >= 11 is 0. The summed E-state index contributed by atoms with van der Waals surface area (Å²) in [5.74, 6) is 1.02. The number of rotatable bonds is 2. The maximum atomic E-state index is 5.86. The molecule has 4 nitrogen and oxygen atoms in total. The van der Waals surface area contributed by atoms with Crippen LogP contribution in [0.5, 0.6) is 5.75 Å². The minimum Gasteiger partial charge on any atom is -0.494 e. The Kier molecular flexibility index (Phi) is 3.57. The number of anilines is 1. The smallest absolute Gasteiger partial charge is 0.146 e. The van der Waals surface area contributed by atoms with E-state index in [1.807, 2.05) is 6.20 Å². The van der Waals surface area contributed by atoms with Crippen molar-refractivity contribution in [3.05, 3.63) is 23.9 Å². The fraction of sp³-hybridized carbons (Fsp3) is 0.529. The number of fused-ring (bicyclic) bond motifs is 1. The van der Waals surface area contributed by atoms with Crippen molar-refractivity contribution in [1.29, 1.82) is 0 Å². The van der Waals surface area contributed by atoms with Crippen molar-refractivity contribution in [1.82, 2.24) is 10.3 Å². The standard InChI is InChI=1S/C17H25N3O/c1-17(2,3)13-11-14-12(5-6-19-14)15(16(13)21-4)20-9-7-18-8-10-20/h5-6,11,18-19H,7-10H2,1-4H3. The van der Waals surface area contributed by atoms with Crippen LogP contribution in [0.4, 0.5) is 5.69 Å². The van der Waals surface area contributed by atoms with Crippen molar-refractivity contribution < 1.29 is 4.74 Å². The Balaban J connectivity index is 2.25. The second kappa shape index (κ2) is 5.26. The van der Waals surface area contributed by atoms with Crippen LogP contribution in [0.2, 0.25) is 0 Å². The number of H-pyrrole nitrogens is 1. The molecule has 2 heterocycles. The zero-order chi connectivity index (χ0) is 15.0. The number of aromatic nitrogens is 1. The van der Waals surface area contributed by atoms with Crippen molar-refractivity contribution >= 4 is 16.6 Å². The first-order valence-electron chi connectivity index (χ1n) is 7.66. The maximum absolute atomic E-state index is 5.86. The van der Waals surface area contributed by atoms with Gasteiger partial charge >= 0.3 is 0 Å². The highest BCUT2D eigenvalue weighted by molar-refractivity contribution is 5.97. The Morgan fingerprint density at radius 1 is 1.19 bits per heavy atom. The first kappa shape index (κ1) is 14.3. The van der Waals surface area contributed by atoms with Gasteiger partial charge in [-0.05, 0) is 17.5 Å². The highest BCUT2D eigenvalue weighted by atomic mass is 16.5. The van der Waals surface area contributed by atoms with Gasteiger partial charge in [-0.25, -0.2) is 0 Å². The molecule has 1 saturated heterocycles. The van der Waals surface area contributed by atoms with Crippen LogP contribution in [0.25, 0.3) is 10.9 Å². The average molecular weight is 287 g/mol. The topological polar surface area (TPSA) is 40.3 Å². The van der Waals surface area contributed by atoms with Gasteiger partial charge in [0.1, 0.15) is 5.75 Å². The summed E-state index contributed by atoms with van der Waals surface area (Å²) in [6, 6.07) is 4.39. The van der Waals surface area contributed by atoms with Crippen LogP contribution in [-0.4, -0.2) is 38.3 Å². The number of ether oxygens (including phenoxy) is 1. The monoisotopic (exact) mass is 287 g/mol. The van der Waals surface area contributed by atoms with E-state index in [4.69, 9.17) is 4.74 Å². The first-order valence-corrected chi connectivity index (χ1v) is 7.66. The number of benzene rings is 1. The molecule has 0 unspecified atom stereocenters. The van der Waals surface area contributed by atoms with Gasteiger partial charge in [0, 0.05) is 48.8 Å². The minimum absolute atomic E-state index is 0.0490. The van der Waals surface area contributed by atoms with Crippen LogP contribution in [0.15, 0.2) is 18.3 Å². The van der Waals surface area contributed by atoms with Gasteiger partial charge in [0.05, 0.1) is 12.8 Å². The average Bonchev–Trinajstić information content (AvgIpc) is 2.93. The van der Waals surface area contributed by atoms with E-state index in [9.17, 15) is 0 Å². The van der Waals surface area contributed by atoms with Crippen LogP contribution in [0.1, 0.15) is 26.3 Å². The van der Waals surface area contributed by atoms with E-state index >= 15 is 0 Å². The second-order valence-electron chi connectivity index (χ2n) is 6.73. The number of hydrogen-bond acceptors (Lipinski definition) is 3. The number of nitrogens with one attached hydrogen (secondary N) is 2. The molecule has 1 aromatic heterocycles. The summed E-state index contributed by atoms with van der Waals surface area (Å²) in [7, 11) is 1.79. The summed E-state index contributed by atoms with van der Waals surface area (Å²) in [6.07, 6.45) is 2.02. The lowest BCUT2D eigenvalue weighted by atomic mass is 9.85. The predicted molar refractivity (Wildman–Crippen MR) is 88.6 cm³/mol. The van der Waals surface area contributed by atoms with Gasteiger partial charge in [-0.1, -0.05) is 20.8 Å². The lowest BCUT2D eigenvalue weighted by molar-refractivity contribution is 0.397. The molecule has 0 saturated carbocycles. The summed E-state index contributed by atoms with van der Waals surface area (Å²) in [6.45, 7) is 10.8. The molecule has 1 aromatic carbocycles. The van der Waals surface area contributed by atoms with Gasteiger partial charge in [-0.3, -0.25) is 0 Å². The fourth-order valence-corrected chi connectivity index (χ4v) is 3.13. The number of piperazine rings is 1. The fourth-order valence-electron chi connectivity index (χ4n) is 3.13. The molecule has 0 spiro atoms. The Bertz CT molecular complexity index is 633. The molecule has 2 N–H and O–H groups in total. The van der Waals surface area contributed by atoms with E-state index in [-0.39, 0.29) is 5.41 Å². The van der Waals surface area contributed by atoms with Crippen LogP contribution >= 0.6 is 0 Å². The van der Waals surface area contributed by atoms with Gasteiger partial charge in [-0.15, -0.1) is 0 Å². The third-order valence-electron chi connectivity index (χ3n) is 4.23. The van der Waals surface area contributed by atoms with Crippen LogP contribution in [0, 0.1) is 0 Å². The van der Waals surface area contributed by atoms with Crippen molar-refractivity contribution in [3.63, 3.8) is 0 Å². The number of nitrogens with zero attached hydrogens (tertiary/aromatic N) is 1. The maximum Gasteiger partial charge on any atom is 0.146 e. The van der Waals surface area contributed by atoms with E-state index in [1.54, 1.807) is 7.11 Å². The molecular formula is C17H25N3O. The molecule has 114 valence electrons. The van der Waals surface area contributed by atoms with Crippen LogP contribution in [0.3, 0.4) is 0 Å². The van der Waals surface area contributed by atoms with Crippen LogP contribution < -0.4 is 15.0 Å². The Labute approximate surface area is 126 Å². The molecule has 0 bridgehead atoms. The molecule has 1 fully saturated rings. The van der Waals surface area contributed by atoms with E-state index in [0.29, 0.717) is 0 Å². The van der Waals surface area contributed by atoms with E-state index in [1.165, 1.54) is 22.2 Å². The minimum atomic E-state index is 0.0490.